The van der Waals surface area contributed by atoms with E-state index in [4.69, 9.17) is 0 Å². The molecule has 0 N–H and O–H groups in total. The first-order valence-corrected chi connectivity index (χ1v) is 7.80. The van der Waals surface area contributed by atoms with E-state index in [1.165, 1.54) is 17.0 Å². The van der Waals surface area contributed by atoms with Crippen molar-refractivity contribution in [3.05, 3.63) is 45.9 Å². The van der Waals surface area contributed by atoms with Crippen LogP contribution in [-0.4, -0.2) is 15.5 Å². The fourth-order valence-electron chi connectivity index (χ4n) is 1.71. The van der Waals surface area contributed by atoms with Crippen molar-refractivity contribution >= 4 is 42.4 Å². The van der Waals surface area contributed by atoms with Crippen LogP contribution in [0.1, 0.15) is 6.92 Å². The van der Waals surface area contributed by atoms with Gasteiger partial charge in [0.15, 0.2) is 0 Å². The standard InChI is InChI=1S/C11H9N3O2S2/c1-8-11-6-7-17-18(11)13(12-8)9-2-4-10(5-3-9)14(15)16/h2-7H,1H3. The predicted molar refractivity (Wildman–Crippen MR) is 78.0 cm³/mol. The van der Waals surface area contributed by atoms with Gasteiger partial charge in [0.25, 0.3) is 5.69 Å². The molecule has 0 spiro atoms. The van der Waals surface area contributed by atoms with E-state index < -0.39 is 4.92 Å². The van der Waals surface area contributed by atoms with Crippen molar-refractivity contribution in [2.45, 2.75) is 6.92 Å². The second kappa shape index (κ2) is 4.25. The quantitative estimate of drug-likeness (QED) is 0.360. The lowest BCUT2D eigenvalue weighted by Crippen LogP contribution is -2.03. The molecule has 2 aliphatic rings. The number of hydrazone groups is 1. The van der Waals surface area contributed by atoms with Crippen LogP contribution in [0.3, 0.4) is 0 Å². The fourth-order valence-corrected chi connectivity index (χ4v) is 5.38. The normalized spacial score (nSPS) is 21.2. The van der Waals surface area contributed by atoms with Gasteiger partial charge in [-0.05, 0) is 41.3 Å². The molecule has 0 saturated heterocycles. The Balaban J connectivity index is 1.95. The van der Waals surface area contributed by atoms with Gasteiger partial charge >= 0.3 is 0 Å². The van der Waals surface area contributed by atoms with Gasteiger partial charge in [-0.2, -0.15) is 5.10 Å². The van der Waals surface area contributed by atoms with Crippen LogP contribution in [-0.2, 0) is 0 Å². The smallest absolute Gasteiger partial charge is 0.258 e. The van der Waals surface area contributed by atoms with Crippen molar-refractivity contribution in [3.63, 3.8) is 0 Å². The number of nitro benzene ring substituents is 1. The molecule has 3 rings (SSSR count). The monoisotopic (exact) mass is 279 g/mol. The lowest BCUT2D eigenvalue weighted by atomic mass is 10.3. The Labute approximate surface area is 110 Å². The van der Waals surface area contributed by atoms with E-state index in [0.717, 1.165) is 11.4 Å². The van der Waals surface area contributed by atoms with Crippen LogP contribution in [0.4, 0.5) is 11.4 Å². The van der Waals surface area contributed by atoms with Crippen molar-refractivity contribution < 1.29 is 4.92 Å². The van der Waals surface area contributed by atoms with Crippen molar-refractivity contribution in [3.8, 4) is 0 Å². The van der Waals surface area contributed by atoms with Crippen molar-refractivity contribution in [2.75, 3.05) is 4.41 Å². The first-order valence-electron chi connectivity index (χ1n) is 5.22. The molecule has 1 unspecified atom stereocenters. The molecule has 0 fully saturated rings. The SMILES string of the molecule is CC1=NN(c2ccc([N+](=O)[O-])cc2)S2=C1C=CS2. The predicted octanol–water partition coefficient (Wildman–Crippen LogP) is 3.32. The number of hydrogen-bond donors (Lipinski definition) is 0. The number of nitrogens with zero attached hydrogens (tertiary/aromatic N) is 3. The summed E-state index contributed by atoms with van der Waals surface area (Å²) in [4.78, 5) is 11.5. The molecule has 5 nitrogen and oxygen atoms in total. The zero-order valence-corrected chi connectivity index (χ0v) is 11.1. The number of non-ortho nitro benzene ring substituents is 1. The second-order valence-electron chi connectivity index (χ2n) is 3.74. The zero-order chi connectivity index (χ0) is 12.7. The molecule has 1 atom stereocenters. The summed E-state index contributed by atoms with van der Waals surface area (Å²) in [5, 5.41) is 17.2. The highest BCUT2D eigenvalue weighted by Gasteiger charge is 2.25. The van der Waals surface area contributed by atoms with Crippen molar-refractivity contribution in [2.24, 2.45) is 5.10 Å². The molecule has 92 valence electrons. The molecule has 0 amide bonds. The number of rotatable bonds is 2. The van der Waals surface area contributed by atoms with E-state index in [-0.39, 0.29) is 15.4 Å². The van der Waals surface area contributed by atoms with E-state index in [1.54, 1.807) is 22.9 Å². The molecule has 0 saturated carbocycles. The lowest BCUT2D eigenvalue weighted by molar-refractivity contribution is -0.384. The minimum atomic E-state index is -0.395. The Morgan fingerprint density at radius 3 is 2.78 bits per heavy atom. The number of anilines is 1. The van der Waals surface area contributed by atoms with E-state index in [0.29, 0.717) is 0 Å². The maximum absolute atomic E-state index is 10.6. The van der Waals surface area contributed by atoms with E-state index >= 15 is 0 Å². The third-order valence-electron chi connectivity index (χ3n) is 2.59. The lowest BCUT2D eigenvalue weighted by Gasteiger charge is -2.16. The molecule has 0 bridgehead atoms. The average Bonchev–Trinajstić information content (AvgIpc) is 2.94. The van der Waals surface area contributed by atoms with Crippen LogP contribution in [0.5, 0.6) is 0 Å². The minimum absolute atomic E-state index is 0.100. The van der Waals surface area contributed by atoms with Gasteiger partial charge in [-0.1, -0.05) is 0 Å². The molecular formula is C11H9N3O2S2. The number of hydrogen-bond acceptors (Lipinski definition) is 5. The first kappa shape index (κ1) is 11.5. The Bertz CT molecular complexity index is 620. The van der Waals surface area contributed by atoms with E-state index in [1.807, 2.05) is 11.3 Å². The minimum Gasteiger partial charge on any atom is -0.258 e. The topological polar surface area (TPSA) is 58.7 Å². The highest BCUT2D eigenvalue weighted by atomic mass is 33.1. The van der Waals surface area contributed by atoms with Crippen LogP contribution in [0.2, 0.25) is 0 Å². The summed E-state index contributed by atoms with van der Waals surface area (Å²) in [6, 6.07) is 6.50. The summed E-state index contributed by atoms with van der Waals surface area (Å²) in [7, 11) is 1.60. The van der Waals surface area contributed by atoms with Crippen LogP contribution in [0.25, 0.3) is 0 Å². The maximum atomic E-state index is 10.6. The Morgan fingerprint density at radius 1 is 1.39 bits per heavy atom. The van der Waals surface area contributed by atoms with Gasteiger partial charge in [-0.15, -0.1) is 0 Å². The summed E-state index contributed by atoms with van der Waals surface area (Å²) in [6.07, 6.45) is 2.08. The Morgan fingerprint density at radius 2 is 2.11 bits per heavy atom. The molecule has 2 heterocycles. The summed E-state index contributed by atoms with van der Waals surface area (Å²) < 4.78 is 1.93. The van der Waals surface area contributed by atoms with Gasteiger partial charge in [-0.3, -0.25) is 10.1 Å². The average molecular weight is 279 g/mol. The zero-order valence-electron chi connectivity index (χ0n) is 9.44. The molecule has 1 aromatic rings. The number of allylic oxidation sites excluding steroid dienone is 1. The molecule has 0 radical (unpaired) electrons. The third-order valence-corrected chi connectivity index (χ3v) is 6.28. The Kier molecular flexibility index (Phi) is 2.71. The van der Waals surface area contributed by atoms with Crippen LogP contribution < -0.4 is 4.41 Å². The first-order chi connectivity index (χ1) is 8.66. The molecule has 0 aliphatic carbocycles. The summed E-state index contributed by atoms with van der Waals surface area (Å²) in [6.45, 7) is 1.98. The molecule has 18 heavy (non-hydrogen) atoms. The number of nitro groups is 1. The van der Waals surface area contributed by atoms with Crippen LogP contribution in [0, 0.1) is 10.1 Å². The Hall–Kier alpha value is -1.60. The maximum Gasteiger partial charge on any atom is 0.269 e. The number of benzene rings is 1. The highest BCUT2D eigenvalue weighted by molar-refractivity contribution is 8.86. The van der Waals surface area contributed by atoms with Gasteiger partial charge in [-0.25, -0.2) is 4.41 Å². The van der Waals surface area contributed by atoms with Crippen molar-refractivity contribution in [1.29, 1.82) is 0 Å². The van der Waals surface area contributed by atoms with Crippen LogP contribution >= 0.6 is 20.5 Å². The molecule has 0 aromatic heterocycles. The third kappa shape index (κ3) is 1.75. The molecule has 1 aromatic carbocycles. The summed E-state index contributed by atoms with van der Waals surface area (Å²) in [5.41, 5.74) is 2.00. The molecule has 2 aliphatic heterocycles. The summed E-state index contributed by atoms with van der Waals surface area (Å²) >= 11 is 0. The van der Waals surface area contributed by atoms with E-state index in [2.05, 4.69) is 16.6 Å². The van der Waals surface area contributed by atoms with Gasteiger partial charge in [0.1, 0.15) is 0 Å². The van der Waals surface area contributed by atoms with Gasteiger partial charge in [0.05, 0.1) is 21.2 Å². The van der Waals surface area contributed by atoms with E-state index in [9.17, 15) is 10.1 Å². The largest absolute Gasteiger partial charge is 0.269 e. The fraction of sp³-hybridized carbons (Fsp3) is 0.0909. The highest BCUT2D eigenvalue weighted by Crippen LogP contribution is 2.47. The van der Waals surface area contributed by atoms with Gasteiger partial charge in [0.2, 0.25) is 0 Å². The summed E-state index contributed by atoms with van der Waals surface area (Å²) in [5.74, 6) is 0. The van der Waals surface area contributed by atoms with Gasteiger partial charge in [0, 0.05) is 21.8 Å². The van der Waals surface area contributed by atoms with Crippen molar-refractivity contribution in [1.82, 2.24) is 0 Å². The molecule has 7 heteroatoms. The second-order valence-corrected chi connectivity index (χ2v) is 7.02. The molecular weight excluding hydrogens is 270 g/mol. The van der Waals surface area contributed by atoms with Crippen LogP contribution in [0.15, 0.2) is 40.9 Å². The van der Waals surface area contributed by atoms with Gasteiger partial charge < -0.3 is 0 Å².